The molecule has 0 saturated carbocycles. The van der Waals surface area contributed by atoms with Crippen LogP contribution in [0.3, 0.4) is 0 Å². The zero-order valence-corrected chi connectivity index (χ0v) is 13.2. The van der Waals surface area contributed by atoms with Crippen LogP contribution in [0.4, 0.5) is 4.39 Å². The van der Waals surface area contributed by atoms with E-state index in [-0.39, 0.29) is 5.82 Å². The predicted octanol–water partition coefficient (Wildman–Crippen LogP) is 4.93. The zero-order valence-electron chi connectivity index (χ0n) is 10.8. The summed E-state index contributed by atoms with van der Waals surface area (Å²) in [5.41, 5.74) is 1.13. The fraction of sp³-hybridized carbons (Fsp3) is 0.333. The molecule has 2 aromatic rings. The van der Waals surface area contributed by atoms with Gasteiger partial charge in [-0.3, -0.25) is 0 Å². The first-order valence-electron chi connectivity index (χ1n) is 6.41. The number of rotatable bonds is 6. The van der Waals surface area contributed by atoms with Crippen LogP contribution in [0.5, 0.6) is 0 Å². The van der Waals surface area contributed by atoms with Gasteiger partial charge in [0.15, 0.2) is 0 Å². The molecule has 2 rings (SSSR count). The molecule has 0 aliphatic heterocycles. The number of halogens is 2. The molecule has 0 aliphatic carbocycles. The van der Waals surface area contributed by atoms with Gasteiger partial charge in [-0.15, -0.1) is 11.3 Å². The molecule has 1 nitrogen and oxygen atoms in total. The Kier molecular flexibility index (Phi) is 5.55. The minimum Gasteiger partial charge on any atom is -0.309 e. The van der Waals surface area contributed by atoms with Gasteiger partial charge in [0, 0.05) is 10.9 Å². The van der Waals surface area contributed by atoms with E-state index >= 15 is 0 Å². The average molecular weight is 342 g/mol. The first kappa shape index (κ1) is 14.7. The smallest absolute Gasteiger partial charge is 0.137 e. The van der Waals surface area contributed by atoms with Crippen molar-refractivity contribution in [2.24, 2.45) is 0 Å². The van der Waals surface area contributed by atoms with Crippen molar-refractivity contribution in [3.05, 3.63) is 56.4 Å². The number of benzene rings is 1. The van der Waals surface area contributed by atoms with Gasteiger partial charge in [0.2, 0.25) is 0 Å². The molecule has 1 N–H and O–H groups in total. The van der Waals surface area contributed by atoms with Gasteiger partial charge in [0.25, 0.3) is 0 Å². The Morgan fingerprint density at radius 2 is 2.21 bits per heavy atom. The average Bonchev–Trinajstić information content (AvgIpc) is 2.92. The van der Waals surface area contributed by atoms with Crippen LogP contribution < -0.4 is 5.32 Å². The predicted molar refractivity (Wildman–Crippen MR) is 83.2 cm³/mol. The maximum atomic E-state index is 13.3. The van der Waals surface area contributed by atoms with Crippen molar-refractivity contribution in [1.82, 2.24) is 5.32 Å². The quantitative estimate of drug-likeness (QED) is 0.785. The molecule has 0 aliphatic rings. The second-order valence-electron chi connectivity index (χ2n) is 4.47. The molecular weight excluding hydrogens is 325 g/mol. The summed E-state index contributed by atoms with van der Waals surface area (Å²) in [5, 5.41) is 5.65. The van der Waals surface area contributed by atoms with Gasteiger partial charge in [-0.2, -0.15) is 0 Å². The topological polar surface area (TPSA) is 12.0 Å². The Labute approximate surface area is 126 Å². The van der Waals surface area contributed by atoms with E-state index in [1.165, 1.54) is 10.9 Å². The van der Waals surface area contributed by atoms with Gasteiger partial charge in [-0.25, -0.2) is 4.39 Å². The van der Waals surface area contributed by atoms with E-state index in [2.05, 4.69) is 45.7 Å². The van der Waals surface area contributed by atoms with Crippen molar-refractivity contribution in [2.45, 2.75) is 25.8 Å². The summed E-state index contributed by atoms with van der Waals surface area (Å²) in [5.74, 6) is -0.210. The summed E-state index contributed by atoms with van der Waals surface area (Å²) in [4.78, 5) is 1.33. The molecule has 1 aromatic heterocycles. The third-order valence-electron chi connectivity index (χ3n) is 2.95. The lowest BCUT2D eigenvalue weighted by Crippen LogP contribution is -2.23. The van der Waals surface area contributed by atoms with Crippen LogP contribution in [0.1, 0.15) is 29.8 Å². The monoisotopic (exact) mass is 341 g/mol. The largest absolute Gasteiger partial charge is 0.309 e. The minimum absolute atomic E-state index is 0.210. The van der Waals surface area contributed by atoms with E-state index in [0.29, 0.717) is 10.5 Å². The standard InChI is InChI=1S/C15H17BrFNS/c1-2-7-18-14(15-4-3-8-19-15)10-11-5-6-13(17)12(16)9-11/h3-6,8-9,14,18H,2,7,10H2,1H3. The van der Waals surface area contributed by atoms with Gasteiger partial charge in [-0.1, -0.05) is 19.1 Å². The Morgan fingerprint density at radius 3 is 2.84 bits per heavy atom. The number of nitrogens with one attached hydrogen (secondary N) is 1. The van der Waals surface area contributed by atoms with Crippen molar-refractivity contribution in [3.63, 3.8) is 0 Å². The third kappa shape index (κ3) is 4.13. The molecule has 0 spiro atoms. The zero-order chi connectivity index (χ0) is 13.7. The van der Waals surface area contributed by atoms with Crippen molar-refractivity contribution in [3.8, 4) is 0 Å². The Bertz CT molecular complexity index is 513. The van der Waals surface area contributed by atoms with E-state index in [1.807, 2.05) is 12.1 Å². The molecule has 1 unspecified atom stereocenters. The van der Waals surface area contributed by atoms with Crippen LogP contribution in [-0.2, 0) is 6.42 Å². The SMILES string of the molecule is CCCNC(Cc1ccc(F)c(Br)c1)c1cccs1. The summed E-state index contributed by atoms with van der Waals surface area (Å²) in [6, 6.07) is 9.76. The summed E-state index contributed by atoms with van der Waals surface area (Å²) >= 11 is 5.00. The van der Waals surface area contributed by atoms with E-state index in [4.69, 9.17) is 0 Å². The van der Waals surface area contributed by atoms with Crippen molar-refractivity contribution < 1.29 is 4.39 Å². The number of hydrogen-bond acceptors (Lipinski definition) is 2. The minimum atomic E-state index is -0.210. The molecule has 0 bridgehead atoms. The first-order valence-corrected chi connectivity index (χ1v) is 8.08. The molecule has 4 heteroatoms. The molecule has 0 fully saturated rings. The lowest BCUT2D eigenvalue weighted by Gasteiger charge is -2.17. The van der Waals surface area contributed by atoms with Crippen molar-refractivity contribution in [1.29, 1.82) is 0 Å². The molecule has 1 atom stereocenters. The highest BCUT2D eigenvalue weighted by atomic mass is 79.9. The van der Waals surface area contributed by atoms with Gasteiger partial charge in [0.1, 0.15) is 5.82 Å². The lowest BCUT2D eigenvalue weighted by atomic mass is 10.0. The van der Waals surface area contributed by atoms with Crippen molar-refractivity contribution >= 4 is 27.3 Å². The van der Waals surface area contributed by atoms with E-state index in [9.17, 15) is 4.39 Å². The van der Waals surface area contributed by atoms with E-state index in [0.717, 1.165) is 24.9 Å². The maximum absolute atomic E-state index is 13.3. The molecule has 1 heterocycles. The Balaban J connectivity index is 2.13. The van der Waals surface area contributed by atoms with Crippen LogP contribution in [0.15, 0.2) is 40.2 Å². The maximum Gasteiger partial charge on any atom is 0.137 e. The first-order chi connectivity index (χ1) is 9.20. The highest BCUT2D eigenvalue weighted by Crippen LogP contribution is 2.25. The van der Waals surface area contributed by atoms with Crippen LogP contribution in [-0.4, -0.2) is 6.54 Å². The number of thiophene rings is 1. The fourth-order valence-electron chi connectivity index (χ4n) is 1.98. The van der Waals surface area contributed by atoms with Gasteiger partial charge >= 0.3 is 0 Å². The van der Waals surface area contributed by atoms with Gasteiger partial charge < -0.3 is 5.32 Å². The molecule has 1 aromatic carbocycles. The highest BCUT2D eigenvalue weighted by molar-refractivity contribution is 9.10. The highest BCUT2D eigenvalue weighted by Gasteiger charge is 2.13. The van der Waals surface area contributed by atoms with Crippen LogP contribution >= 0.6 is 27.3 Å². The van der Waals surface area contributed by atoms with Crippen molar-refractivity contribution in [2.75, 3.05) is 6.54 Å². The summed E-state index contributed by atoms with van der Waals surface area (Å²) in [7, 11) is 0. The summed E-state index contributed by atoms with van der Waals surface area (Å²) < 4.78 is 13.8. The van der Waals surface area contributed by atoms with Gasteiger partial charge in [-0.05, 0) is 64.5 Å². The fourth-order valence-corrected chi connectivity index (χ4v) is 3.21. The van der Waals surface area contributed by atoms with Crippen LogP contribution in [0.2, 0.25) is 0 Å². The second kappa shape index (κ2) is 7.17. The number of hydrogen-bond donors (Lipinski definition) is 1. The second-order valence-corrected chi connectivity index (χ2v) is 6.31. The summed E-state index contributed by atoms with van der Waals surface area (Å²) in [6.07, 6.45) is 1.98. The van der Waals surface area contributed by atoms with E-state index < -0.39 is 0 Å². The lowest BCUT2D eigenvalue weighted by molar-refractivity contribution is 0.535. The molecule has 0 saturated heterocycles. The third-order valence-corrected chi connectivity index (χ3v) is 4.54. The molecule has 102 valence electrons. The van der Waals surface area contributed by atoms with Gasteiger partial charge in [0.05, 0.1) is 4.47 Å². The molecule has 0 amide bonds. The van der Waals surface area contributed by atoms with E-state index in [1.54, 1.807) is 11.3 Å². The summed E-state index contributed by atoms with van der Waals surface area (Å²) in [6.45, 7) is 3.15. The molecular formula is C15H17BrFNS. The normalized spacial score (nSPS) is 12.6. The van der Waals surface area contributed by atoms with Crippen LogP contribution in [0.25, 0.3) is 0 Å². The van der Waals surface area contributed by atoms with Crippen LogP contribution in [0, 0.1) is 5.82 Å². The Morgan fingerprint density at radius 1 is 1.37 bits per heavy atom. The molecule has 0 radical (unpaired) electrons. The Hall–Kier alpha value is -0.710. The molecule has 19 heavy (non-hydrogen) atoms.